The monoisotopic (exact) mass is 557 g/mol. The van der Waals surface area contributed by atoms with E-state index in [9.17, 15) is 26.7 Å². The fourth-order valence-electron chi connectivity index (χ4n) is 4.46. The first-order chi connectivity index (χ1) is 18.2. The number of urea groups is 1. The number of rotatable bonds is 5. The Morgan fingerprint density at radius 1 is 1.13 bits per heavy atom. The van der Waals surface area contributed by atoms with E-state index in [0.29, 0.717) is 18.7 Å². The zero-order valence-corrected chi connectivity index (χ0v) is 21.9. The van der Waals surface area contributed by atoms with E-state index in [1.807, 2.05) is 12.1 Å². The van der Waals surface area contributed by atoms with Gasteiger partial charge in [0, 0.05) is 35.2 Å². The minimum atomic E-state index is -5.08. The third-order valence-electron chi connectivity index (χ3n) is 6.79. The van der Waals surface area contributed by atoms with Crippen molar-refractivity contribution < 1.29 is 41.4 Å². The lowest BCUT2D eigenvalue weighted by molar-refractivity contribution is -0.192. The van der Waals surface area contributed by atoms with Gasteiger partial charge in [0.1, 0.15) is 17.4 Å². The number of carbonyl (C=O) groups excluding carboxylic acids is 1. The Balaban J connectivity index is 0.000000532. The quantitative estimate of drug-likeness (QED) is 0.502. The Labute approximate surface area is 223 Å². The fourth-order valence-corrected chi connectivity index (χ4v) is 4.46. The van der Waals surface area contributed by atoms with Gasteiger partial charge < -0.3 is 25.0 Å². The Hall–Kier alpha value is -3.41. The highest BCUT2D eigenvalue weighted by Crippen LogP contribution is 2.38. The van der Waals surface area contributed by atoms with Crippen LogP contribution in [0.2, 0.25) is 0 Å². The number of aliphatic carboxylic acids is 1. The van der Waals surface area contributed by atoms with Gasteiger partial charge >= 0.3 is 18.2 Å². The van der Waals surface area contributed by atoms with Crippen LogP contribution in [-0.2, 0) is 23.3 Å². The number of halogens is 5. The number of amides is 2. The zero-order valence-electron chi connectivity index (χ0n) is 21.9. The maximum atomic E-state index is 14.3. The summed E-state index contributed by atoms with van der Waals surface area (Å²) in [6, 6.07) is 9.28. The van der Waals surface area contributed by atoms with Crippen LogP contribution >= 0.6 is 0 Å². The fraction of sp³-hybridized carbons (Fsp3) is 0.481. The van der Waals surface area contributed by atoms with Crippen LogP contribution < -0.4 is 10.1 Å². The summed E-state index contributed by atoms with van der Waals surface area (Å²) in [5.41, 5.74) is 2.39. The average molecular weight is 558 g/mol. The van der Waals surface area contributed by atoms with Crippen molar-refractivity contribution in [3.63, 3.8) is 0 Å². The Morgan fingerprint density at radius 2 is 1.77 bits per heavy atom. The average Bonchev–Trinajstić information content (AvgIpc) is 3.16. The van der Waals surface area contributed by atoms with E-state index in [0.717, 1.165) is 48.9 Å². The molecule has 0 aliphatic carbocycles. The molecule has 4 rings (SSSR count). The summed E-state index contributed by atoms with van der Waals surface area (Å²) < 4.78 is 65.2. The van der Waals surface area contributed by atoms with Crippen LogP contribution in [0.15, 0.2) is 36.4 Å². The van der Waals surface area contributed by atoms with Crippen LogP contribution in [0.3, 0.4) is 0 Å². The number of carboxylic acids is 1. The summed E-state index contributed by atoms with van der Waals surface area (Å²) in [6.45, 7) is 7.15. The lowest BCUT2D eigenvalue weighted by atomic mass is 9.86. The molecule has 0 saturated carbocycles. The summed E-state index contributed by atoms with van der Waals surface area (Å²) in [5.74, 6) is -3.11. The third kappa shape index (κ3) is 8.04. The maximum absolute atomic E-state index is 14.3. The van der Waals surface area contributed by atoms with Crippen molar-refractivity contribution in [3.8, 4) is 5.75 Å². The van der Waals surface area contributed by atoms with Gasteiger partial charge in [-0.1, -0.05) is 26.0 Å². The molecule has 0 bridgehead atoms. The number of alkyl halides is 3. The highest BCUT2D eigenvalue weighted by Gasteiger charge is 2.38. The first-order valence-corrected chi connectivity index (χ1v) is 12.4. The topological polar surface area (TPSA) is 82.1 Å². The lowest BCUT2D eigenvalue weighted by Crippen LogP contribution is -2.49. The van der Waals surface area contributed by atoms with Gasteiger partial charge in [0.2, 0.25) is 0 Å². The van der Waals surface area contributed by atoms with Crippen molar-refractivity contribution in [2.75, 3.05) is 26.7 Å². The third-order valence-corrected chi connectivity index (χ3v) is 6.79. The van der Waals surface area contributed by atoms with Gasteiger partial charge in [-0.2, -0.15) is 13.2 Å². The van der Waals surface area contributed by atoms with E-state index in [1.54, 1.807) is 4.90 Å². The van der Waals surface area contributed by atoms with Crippen LogP contribution in [0.1, 0.15) is 43.4 Å². The molecule has 7 nitrogen and oxygen atoms in total. The number of ether oxygens (including phenoxy) is 1. The van der Waals surface area contributed by atoms with E-state index < -0.39 is 23.8 Å². The molecule has 2 heterocycles. The molecule has 0 spiro atoms. The summed E-state index contributed by atoms with van der Waals surface area (Å²) in [5, 5.41) is 10.1. The first kappa shape index (κ1) is 30.1. The molecular weight excluding hydrogens is 525 g/mol. The highest BCUT2D eigenvalue weighted by molar-refractivity contribution is 5.74. The van der Waals surface area contributed by atoms with Crippen LogP contribution in [0.5, 0.6) is 5.75 Å². The Bertz CT molecular complexity index is 1180. The van der Waals surface area contributed by atoms with Crippen LogP contribution in [0.25, 0.3) is 0 Å². The number of nitrogens with zero attached hydrogens (tertiary/aromatic N) is 2. The zero-order chi connectivity index (χ0) is 29.0. The molecule has 2 aromatic rings. The predicted molar refractivity (Wildman–Crippen MR) is 133 cm³/mol. The summed E-state index contributed by atoms with van der Waals surface area (Å²) in [7, 11) is 2.05. The molecule has 0 radical (unpaired) electrons. The van der Waals surface area contributed by atoms with Gasteiger partial charge in [0.25, 0.3) is 0 Å². The van der Waals surface area contributed by atoms with Gasteiger partial charge in [-0.05, 0) is 56.7 Å². The number of nitrogens with one attached hydrogen (secondary N) is 1. The van der Waals surface area contributed by atoms with Crippen LogP contribution in [0.4, 0.5) is 26.7 Å². The number of carbonyl (C=O) groups is 2. The second kappa shape index (κ2) is 12.2. The van der Waals surface area contributed by atoms with Gasteiger partial charge in [-0.25, -0.2) is 18.4 Å². The van der Waals surface area contributed by atoms with Crippen molar-refractivity contribution >= 4 is 12.0 Å². The van der Waals surface area contributed by atoms with Gasteiger partial charge in [0.15, 0.2) is 0 Å². The number of fused-ring (bicyclic) bond motifs is 1. The van der Waals surface area contributed by atoms with Crippen LogP contribution in [-0.4, -0.2) is 65.9 Å². The molecule has 0 unspecified atom stereocenters. The molecule has 2 aliphatic heterocycles. The number of carboxylic acid groups (broad SMARTS) is 1. The van der Waals surface area contributed by atoms with E-state index >= 15 is 0 Å². The molecule has 214 valence electrons. The standard InChI is InChI=1S/C25H31F2N3O2.C2HF3O2/c1-25(2)16-32-23-7-4-17(12-21(23)25)14-28-24(31)30(20-8-10-29(3)11-9-20)15-18-5-6-19(26)13-22(18)27;3-2(4,5)1(6)7/h4-7,12-13,20H,8-11,14-16H2,1-3H3,(H,28,31);(H,6,7). The number of hydrogen-bond acceptors (Lipinski definition) is 4. The highest BCUT2D eigenvalue weighted by atomic mass is 19.4. The van der Waals surface area contributed by atoms with Crippen molar-refractivity contribution in [1.82, 2.24) is 15.1 Å². The molecule has 2 amide bonds. The molecule has 12 heteroatoms. The van der Waals surface area contributed by atoms with Crippen molar-refractivity contribution in [2.45, 2.75) is 57.4 Å². The second-order valence-electron chi connectivity index (χ2n) is 10.4. The summed E-state index contributed by atoms with van der Waals surface area (Å²) >= 11 is 0. The molecule has 1 saturated heterocycles. The Morgan fingerprint density at radius 3 is 2.36 bits per heavy atom. The largest absolute Gasteiger partial charge is 0.492 e. The molecule has 0 aromatic heterocycles. The molecule has 2 aromatic carbocycles. The number of likely N-dealkylation sites (tertiary alicyclic amines) is 1. The Kier molecular flexibility index (Phi) is 9.42. The van der Waals surface area contributed by atoms with Gasteiger partial charge in [-0.15, -0.1) is 0 Å². The lowest BCUT2D eigenvalue weighted by Gasteiger charge is -2.37. The van der Waals surface area contributed by atoms with Gasteiger partial charge in [0.05, 0.1) is 13.2 Å². The minimum absolute atomic E-state index is 0.00278. The number of piperidine rings is 1. The molecule has 0 atom stereocenters. The molecule has 39 heavy (non-hydrogen) atoms. The normalized spacial score (nSPS) is 16.9. The second-order valence-corrected chi connectivity index (χ2v) is 10.4. The predicted octanol–water partition coefficient (Wildman–Crippen LogP) is 5.07. The SMILES string of the molecule is CN1CCC(N(Cc2ccc(F)cc2F)C(=O)NCc2ccc3c(c2)C(C)(C)CO3)CC1.O=C(O)C(F)(F)F. The molecule has 1 fully saturated rings. The summed E-state index contributed by atoms with van der Waals surface area (Å²) in [6.07, 6.45) is -3.45. The van der Waals surface area contributed by atoms with Crippen molar-refractivity contribution in [2.24, 2.45) is 0 Å². The molecule has 2 aliphatic rings. The number of benzene rings is 2. The van der Waals surface area contributed by atoms with Crippen LogP contribution in [0, 0.1) is 11.6 Å². The van der Waals surface area contributed by atoms with Gasteiger partial charge in [-0.3, -0.25) is 0 Å². The molecule has 2 N–H and O–H groups in total. The molecular formula is C27H32F5N3O4. The minimum Gasteiger partial charge on any atom is -0.492 e. The maximum Gasteiger partial charge on any atom is 0.490 e. The van der Waals surface area contributed by atoms with E-state index in [1.165, 1.54) is 12.1 Å². The van der Waals surface area contributed by atoms with Crippen molar-refractivity contribution in [3.05, 3.63) is 64.7 Å². The van der Waals surface area contributed by atoms with E-state index in [-0.39, 0.29) is 24.0 Å². The van der Waals surface area contributed by atoms with E-state index in [4.69, 9.17) is 14.6 Å². The smallest absolute Gasteiger partial charge is 0.490 e. The van der Waals surface area contributed by atoms with E-state index in [2.05, 4.69) is 37.2 Å². The first-order valence-electron chi connectivity index (χ1n) is 12.4. The number of hydrogen-bond donors (Lipinski definition) is 2. The van der Waals surface area contributed by atoms with Crippen molar-refractivity contribution in [1.29, 1.82) is 0 Å². The summed E-state index contributed by atoms with van der Waals surface area (Å²) in [4.78, 5) is 26.0.